The molecule has 0 unspecified atom stereocenters. The van der Waals surface area contributed by atoms with Crippen molar-refractivity contribution >= 4 is 17.5 Å². The zero-order chi connectivity index (χ0) is 12.4. The lowest BCUT2D eigenvalue weighted by Gasteiger charge is -2.30. The lowest BCUT2D eigenvalue weighted by molar-refractivity contribution is 0.0711. The standard InChI is InChI=1S/C12H15ClN2O2/c13-8-1-2-11(16)10(7-8)12(17)15-5-3-9(14)4-6-15/h1-2,7,9,16H,3-6,14H2. The van der Waals surface area contributed by atoms with Crippen LogP contribution in [0.2, 0.25) is 5.02 Å². The number of rotatable bonds is 1. The van der Waals surface area contributed by atoms with Crippen LogP contribution in [0, 0.1) is 0 Å². The average molecular weight is 255 g/mol. The third kappa shape index (κ3) is 2.70. The minimum Gasteiger partial charge on any atom is -0.507 e. The van der Waals surface area contributed by atoms with Crippen molar-refractivity contribution in [1.29, 1.82) is 0 Å². The van der Waals surface area contributed by atoms with E-state index in [0.29, 0.717) is 18.1 Å². The number of amides is 1. The highest BCUT2D eigenvalue weighted by atomic mass is 35.5. The molecular formula is C12H15ClN2O2. The number of phenols is 1. The lowest BCUT2D eigenvalue weighted by Crippen LogP contribution is -2.42. The molecule has 1 amide bonds. The van der Waals surface area contributed by atoms with Gasteiger partial charge in [0.1, 0.15) is 5.75 Å². The Balaban J connectivity index is 2.16. The molecule has 1 aliphatic heterocycles. The fourth-order valence-corrected chi connectivity index (χ4v) is 2.12. The van der Waals surface area contributed by atoms with Gasteiger partial charge < -0.3 is 15.7 Å². The summed E-state index contributed by atoms with van der Waals surface area (Å²) < 4.78 is 0. The molecule has 1 aromatic rings. The molecule has 0 aromatic heterocycles. The molecule has 0 saturated carbocycles. The van der Waals surface area contributed by atoms with Gasteiger partial charge in [0.15, 0.2) is 0 Å². The molecule has 4 nitrogen and oxygen atoms in total. The number of nitrogens with zero attached hydrogens (tertiary/aromatic N) is 1. The van der Waals surface area contributed by atoms with Gasteiger partial charge in [0.25, 0.3) is 5.91 Å². The number of benzene rings is 1. The summed E-state index contributed by atoms with van der Waals surface area (Å²) in [6.07, 6.45) is 1.60. The SMILES string of the molecule is NC1CCN(C(=O)c2cc(Cl)ccc2O)CC1. The number of nitrogens with two attached hydrogens (primary N) is 1. The Bertz CT molecular complexity index is 429. The quantitative estimate of drug-likeness (QED) is 0.800. The van der Waals surface area contributed by atoms with Crippen molar-refractivity contribution in [3.8, 4) is 5.75 Å². The molecule has 0 spiro atoms. The molecule has 1 aromatic carbocycles. The second-order valence-corrected chi connectivity index (χ2v) is 4.73. The molecule has 92 valence electrons. The first-order chi connectivity index (χ1) is 8.08. The molecule has 0 bridgehead atoms. The smallest absolute Gasteiger partial charge is 0.257 e. The molecule has 1 aliphatic rings. The van der Waals surface area contributed by atoms with Crippen LogP contribution in [0.3, 0.4) is 0 Å². The van der Waals surface area contributed by atoms with Gasteiger partial charge in [-0.15, -0.1) is 0 Å². The predicted molar refractivity (Wildman–Crippen MR) is 66.2 cm³/mol. The maximum absolute atomic E-state index is 12.1. The molecule has 0 radical (unpaired) electrons. The Labute approximate surface area is 105 Å². The first-order valence-electron chi connectivity index (χ1n) is 5.61. The summed E-state index contributed by atoms with van der Waals surface area (Å²) in [7, 11) is 0. The van der Waals surface area contributed by atoms with Crippen molar-refractivity contribution in [2.75, 3.05) is 13.1 Å². The maximum atomic E-state index is 12.1. The molecule has 1 saturated heterocycles. The third-order valence-electron chi connectivity index (χ3n) is 3.02. The van der Waals surface area contributed by atoms with Crippen molar-refractivity contribution in [2.45, 2.75) is 18.9 Å². The van der Waals surface area contributed by atoms with Gasteiger partial charge in [0, 0.05) is 24.2 Å². The number of piperidine rings is 1. The van der Waals surface area contributed by atoms with Gasteiger partial charge in [0.05, 0.1) is 5.56 Å². The number of phenolic OH excluding ortho intramolecular Hbond substituents is 1. The number of carbonyl (C=O) groups is 1. The van der Waals surface area contributed by atoms with Gasteiger partial charge in [0.2, 0.25) is 0 Å². The third-order valence-corrected chi connectivity index (χ3v) is 3.25. The zero-order valence-corrected chi connectivity index (χ0v) is 10.2. The van der Waals surface area contributed by atoms with E-state index >= 15 is 0 Å². The minimum atomic E-state index is -0.183. The molecule has 17 heavy (non-hydrogen) atoms. The normalized spacial score (nSPS) is 17.2. The van der Waals surface area contributed by atoms with Crippen LogP contribution >= 0.6 is 11.6 Å². The minimum absolute atomic E-state index is 0.0331. The van der Waals surface area contributed by atoms with Crippen molar-refractivity contribution in [1.82, 2.24) is 4.90 Å². The van der Waals surface area contributed by atoms with Crippen molar-refractivity contribution < 1.29 is 9.90 Å². The first-order valence-corrected chi connectivity index (χ1v) is 5.99. The van der Waals surface area contributed by atoms with E-state index in [1.54, 1.807) is 11.0 Å². The van der Waals surface area contributed by atoms with E-state index in [9.17, 15) is 9.90 Å². The number of likely N-dealkylation sites (tertiary alicyclic amines) is 1. The summed E-state index contributed by atoms with van der Waals surface area (Å²) in [5.41, 5.74) is 6.04. The van der Waals surface area contributed by atoms with Crippen LogP contribution in [0.25, 0.3) is 0 Å². The van der Waals surface area contributed by atoms with E-state index in [2.05, 4.69) is 0 Å². The van der Waals surface area contributed by atoms with Gasteiger partial charge >= 0.3 is 0 Å². The van der Waals surface area contributed by atoms with Crippen molar-refractivity contribution in [2.24, 2.45) is 5.73 Å². The number of hydrogen-bond donors (Lipinski definition) is 2. The van der Waals surface area contributed by atoms with Gasteiger partial charge in [-0.3, -0.25) is 4.79 Å². The molecule has 0 atom stereocenters. The molecule has 1 heterocycles. The number of halogens is 1. The van der Waals surface area contributed by atoms with E-state index in [0.717, 1.165) is 12.8 Å². The number of carbonyl (C=O) groups excluding carboxylic acids is 1. The second-order valence-electron chi connectivity index (χ2n) is 4.29. The van der Waals surface area contributed by atoms with Crippen LogP contribution in [-0.2, 0) is 0 Å². The van der Waals surface area contributed by atoms with Gasteiger partial charge in [-0.25, -0.2) is 0 Å². The number of aromatic hydroxyl groups is 1. The van der Waals surface area contributed by atoms with Crippen LogP contribution in [0.5, 0.6) is 5.75 Å². The molecule has 2 rings (SSSR count). The second kappa shape index (κ2) is 4.94. The van der Waals surface area contributed by atoms with Crippen LogP contribution in [0.4, 0.5) is 0 Å². The highest BCUT2D eigenvalue weighted by Gasteiger charge is 2.23. The van der Waals surface area contributed by atoms with Crippen LogP contribution in [-0.4, -0.2) is 35.0 Å². The monoisotopic (exact) mass is 254 g/mol. The summed E-state index contributed by atoms with van der Waals surface area (Å²) >= 11 is 5.82. The highest BCUT2D eigenvalue weighted by Crippen LogP contribution is 2.24. The fraction of sp³-hybridized carbons (Fsp3) is 0.417. The van der Waals surface area contributed by atoms with E-state index < -0.39 is 0 Å². The van der Waals surface area contributed by atoms with Crippen molar-refractivity contribution in [3.05, 3.63) is 28.8 Å². The fourth-order valence-electron chi connectivity index (χ4n) is 1.95. The summed E-state index contributed by atoms with van der Waals surface area (Å²) in [4.78, 5) is 13.8. The van der Waals surface area contributed by atoms with E-state index in [1.807, 2.05) is 0 Å². The van der Waals surface area contributed by atoms with Crippen LogP contribution < -0.4 is 5.73 Å². The topological polar surface area (TPSA) is 66.6 Å². The predicted octanol–water partition coefficient (Wildman–Crippen LogP) is 1.61. The van der Waals surface area contributed by atoms with Gasteiger partial charge in [-0.1, -0.05) is 11.6 Å². The van der Waals surface area contributed by atoms with E-state index in [-0.39, 0.29) is 23.3 Å². The van der Waals surface area contributed by atoms with Crippen LogP contribution in [0.15, 0.2) is 18.2 Å². The molecule has 0 aliphatic carbocycles. The molecule has 1 fully saturated rings. The summed E-state index contributed by atoms with van der Waals surface area (Å²) in [6, 6.07) is 4.66. The van der Waals surface area contributed by atoms with Crippen LogP contribution in [0.1, 0.15) is 23.2 Å². The summed E-state index contributed by atoms with van der Waals surface area (Å²) in [6.45, 7) is 1.26. The van der Waals surface area contributed by atoms with Gasteiger partial charge in [-0.05, 0) is 31.0 Å². The van der Waals surface area contributed by atoms with E-state index in [1.165, 1.54) is 12.1 Å². The Morgan fingerprint density at radius 2 is 2.06 bits per heavy atom. The van der Waals surface area contributed by atoms with Gasteiger partial charge in [-0.2, -0.15) is 0 Å². The Kier molecular flexibility index (Phi) is 3.54. The molecule has 3 N–H and O–H groups in total. The Morgan fingerprint density at radius 1 is 1.41 bits per heavy atom. The highest BCUT2D eigenvalue weighted by molar-refractivity contribution is 6.31. The maximum Gasteiger partial charge on any atom is 0.257 e. The zero-order valence-electron chi connectivity index (χ0n) is 9.40. The Morgan fingerprint density at radius 3 is 2.71 bits per heavy atom. The average Bonchev–Trinajstić information content (AvgIpc) is 2.32. The molecule has 5 heteroatoms. The summed E-state index contributed by atoms with van der Waals surface area (Å²) in [5, 5.41) is 10.1. The number of hydrogen-bond acceptors (Lipinski definition) is 3. The van der Waals surface area contributed by atoms with E-state index in [4.69, 9.17) is 17.3 Å². The Hall–Kier alpha value is -1.26. The lowest BCUT2D eigenvalue weighted by atomic mass is 10.0. The van der Waals surface area contributed by atoms with Crippen molar-refractivity contribution in [3.63, 3.8) is 0 Å². The largest absolute Gasteiger partial charge is 0.507 e. The first kappa shape index (κ1) is 12.2. The summed E-state index contributed by atoms with van der Waals surface area (Å²) in [5.74, 6) is -0.217. The molecular weight excluding hydrogens is 240 g/mol.